The highest BCUT2D eigenvalue weighted by molar-refractivity contribution is 7.13. The van der Waals surface area contributed by atoms with Gasteiger partial charge in [0.25, 0.3) is 5.91 Å². The molecule has 0 saturated carbocycles. The number of amides is 3. The number of hydrogen-bond acceptors (Lipinski definition) is 7. The van der Waals surface area contributed by atoms with E-state index in [4.69, 9.17) is 4.74 Å². The zero-order valence-corrected chi connectivity index (χ0v) is 11.6. The van der Waals surface area contributed by atoms with Crippen molar-refractivity contribution in [3.63, 3.8) is 0 Å². The SMILES string of the molecule is C=CCNc1nc(C(=O)OCC(=O)NC(=O)NC)cs1. The quantitative estimate of drug-likeness (QED) is 0.516. The van der Waals surface area contributed by atoms with Gasteiger partial charge in [0.15, 0.2) is 17.4 Å². The van der Waals surface area contributed by atoms with Gasteiger partial charge in [0.05, 0.1) is 0 Å². The first-order chi connectivity index (χ1) is 9.56. The van der Waals surface area contributed by atoms with Crippen LogP contribution in [0.4, 0.5) is 9.93 Å². The monoisotopic (exact) mass is 298 g/mol. The molecule has 108 valence electrons. The van der Waals surface area contributed by atoms with Gasteiger partial charge in [-0.3, -0.25) is 10.1 Å². The summed E-state index contributed by atoms with van der Waals surface area (Å²) in [6, 6.07) is -0.671. The molecule has 0 aromatic carbocycles. The summed E-state index contributed by atoms with van der Waals surface area (Å²) in [5, 5.41) is 9.13. The first kappa shape index (κ1) is 15.6. The molecule has 0 aliphatic carbocycles. The molecule has 0 fully saturated rings. The van der Waals surface area contributed by atoms with Crippen LogP contribution >= 0.6 is 11.3 Å². The zero-order valence-electron chi connectivity index (χ0n) is 10.8. The highest BCUT2D eigenvalue weighted by atomic mass is 32.1. The summed E-state index contributed by atoms with van der Waals surface area (Å²) in [5.41, 5.74) is 0.0919. The first-order valence-electron chi connectivity index (χ1n) is 5.55. The molecule has 9 heteroatoms. The van der Waals surface area contributed by atoms with Gasteiger partial charge < -0.3 is 15.4 Å². The molecule has 1 aromatic heterocycles. The molecular formula is C11H14N4O4S. The molecule has 1 rings (SSSR count). The molecule has 20 heavy (non-hydrogen) atoms. The normalized spacial score (nSPS) is 9.45. The van der Waals surface area contributed by atoms with Crippen LogP contribution in [0.25, 0.3) is 0 Å². The molecule has 0 unspecified atom stereocenters. The van der Waals surface area contributed by atoms with Crippen molar-refractivity contribution in [2.45, 2.75) is 0 Å². The second-order valence-corrected chi connectivity index (χ2v) is 4.27. The lowest BCUT2D eigenvalue weighted by atomic mass is 10.5. The van der Waals surface area contributed by atoms with Crippen LogP contribution in [0.3, 0.4) is 0 Å². The van der Waals surface area contributed by atoms with Crippen molar-refractivity contribution in [1.82, 2.24) is 15.6 Å². The van der Waals surface area contributed by atoms with Crippen LogP contribution in [0.15, 0.2) is 18.0 Å². The van der Waals surface area contributed by atoms with Gasteiger partial charge in [-0.15, -0.1) is 17.9 Å². The maximum absolute atomic E-state index is 11.6. The predicted molar refractivity (Wildman–Crippen MR) is 73.7 cm³/mol. The minimum atomic E-state index is -0.736. The van der Waals surface area contributed by atoms with Crippen LogP contribution in [-0.2, 0) is 9.53 Å². The molecule has 3 amide bonds. The number of anilines is 1. The number of hydrogen-bond donors (Lipinski definition) is 3. The van der Waals surface area contributed by atoms with Crippen molar-refractivity contribution in [2.24, 2.45) is 0 Å². The summed E-state index contributed by atoms with van der Waals surface area (Å²) in [6.45, 7) is 3.51. The Kier molecular flexibility index (Phi) is 6.17. The smallest absolute Gasteiger partial charge is 0.358 e. The van der Waals surface area contributed by atoms with Crippen LogP contribution in [-0.4, -0.2) is 43.1 Å². The van der Waals surface area contributed by atoms with E-state index in [1.54, 1.807) is 6.08 Å². The first-order valence-corrected chi connectivity index (χ1v) is 6.43. The average molecular weight is 298 g/mol. The summed E-state index contributed by atoms with van der Waals surface area (Å²) in [4.78, 5) is 37.6. The van der Waals surface area contributed by atoms with Crippen molar-refractivity contribution >= 4 is 34.4 Å². The highest BCUT2D eigenvalue weighted by Crippen LogP contribution is 2.15. The van der Waals surface area contributed by atoms with E-state index in [9.17, 15) is 14.4 Å². The fraction of sp³-hybridized carbons (Fsp3) is 0.273. The van der Waals surface area contributed by atoms with Gasteiger partial charge in [0.2, 0.25) is 0 Å². The number of carbonyl (C=O) groups is 3. The fourth-order valence-corrected chi connectivity index (χ4v) is 1.73. The number of urea groups is 1. The number of nitrogens with one attached hydrogen (secondary N) is 3. The van der Waals surface area contributed by atoms with E-state index >= 15 is 0 Å². The van der Waals surface area contributed by atoms with Crippen molar-refractivity contribution < 1.29 is 19.1 Å². The Morgan fingerprint density at radius 3 is 2.90 bits per heavy atom. The second-order valence-electron chi connectivity index (χ2n) is 3.41. The van der Waals surface area contributed by atoms with Gasteiger partial charge in [0, 0.05) is 19.0 Å². The van der Waals surface area contributed by atoms with E-state index in [0.717, 1.165) is 0 Å². The lowest BCUT2D eigenvalue weighted by Gasteiger charge is -2.03. The van der Waals surface area contributed by atoms with Crippen LogP contribution < -0.4 is 16.0 Å². The summed E-state index contributed by atoms with van der Waals surface area (Å²) in [7, 11) is 1.36. The zero-order chi connectivity index (χ0) is 15.0. The average Bonchev–Trinajstić information content (AvgIpc) is 2.91. The number of aromatic nitrogens is 1. The van der Waals surface area contributed by atoms with Crippen molar-refractivity contribution in [3.8, 4) is 0 Å². The van der Waals surface area contributed by atoms with E-state index < -0.39 is 24.5 Å². The van der Waals surface area contributed by atoms with E-state index in [1.807, 2.05) is 5.32 Å². The maximum Gasteiger partial charge on any atom is 0.358 e. The Hall–Kier alpha value is -2.42. The maximum atomic E-state index is 11.6. The fourth-order valence-electron chi connectivity index (χ4n) is 1.04. The van der Waals surface area contributed by atoms with E-state index in [2.05, 4.69) is 22.2 Å². The van der Waals surface area contributed by atoms with Gasteiger partial charge >= 0.3 is 12.0 Å². The summed E-state index contributed by atoms with van der Waals surface area (Å²) < 4.78 is 4.72. The Balaban J connectivity index is 2.42. The molecule has 1 heterocycles. The lowest BCUT2D eigenvalue weighted by Crippen LogP contribution is -2.39. The predicted octanol–water partition coefficient (Wildman–Crippen LogP) is 0.353. The molecule has 0 bridgehead atoms. The van der Waals surface area contributed by atoms with E-state index in [1.165, 1.54) is 23.8 Å². The third kappa shape index (κ3) is 5.06. The molecule has 0 spiro atoms. The van der Waals surface area contributed by atoms with Gasteiger partial charge in [-0.1, -0.05) is 6.08 Å². The summed E-state index contributed by atoms with van der Waals surface area (Å²) in [6.07, 6.45) is 1.66. The molecule has 8 nitrogen and oxygen atoms in total. The number of esters is 1. The van der Waals surface area contributed by atoms with Crippen LogP contribution in [0, 0.1) is 0 Å². The van der Waals surface area contributed by atoms with E-state index in [0.29, 0.717) is 11.7 Å². The Labute approximate surface area is 119 Å². The number of thiazole rings is 1. The minimum absolute atomic E-state index is 0.0919. The molecule has 0 aliphatic heterocycles. The molecule has 0 aliphatic rings. The Morgan fingerprint density at radius 2 is 2.25 bits per heavy atom. The van der Waals surface area contributed by atoms with Gasteiger partial charge in [-0.25, -0.2) is 14.6 Å². The number of carbonyl (C=O) groups excluding carboxylic acids is 3. The standard InChI is InChI=1S/C11H14N4O4S/c1-3-4-13-11-14-7(6-20-11)9(17)19-5-8(16)15-10(18)12-2/h3,6H,1,4-5H2,2H3,(H,13,14)(H2,12,15,16,18). The van der Waals surface area contributed by atoms with Crippen molar-refractivity contribution in [1.29, 1.82) is 0 Å². The molecule has 3 N–H and O–H groups in total. The van der Waals surface area contributed by atoms with Gasteiger partial charge in [-0.2, -0.15) is 0 Å². The number of imide groups is 1. The number of rotatable bonds is 6. The molecular weight excluding hydrogens is 284 g/mol. The molecule has 0 saturated heterocycles. The lowest BCUT2D eigenvalue weighted by molar-refractivity contribution is -0.123. The van der Waals surface area contributed by atoms with Crippen LogP contribution in [0.1, 0.15) is 10.5 Å². The Bertz CT molecular complexity index is 514. The van der Waals surface area contributed by atoms with Gasteiger partial charge in [-0.05, 0) is 0 Å². The minimum Gasteiger partial charge on any atom is -0.451 e. The van der Waals surface area contributed by atoms with Crippen molar-refractivity contribution in [3.05, 3.63) is 23.7 Å². The third-order valence-corrected chi connectivity index (χ3v) is 2.73. The molecule has 0 radical (unpaired) electrons. The number of ether oxygens (including phenoxy) is 1. The number of nitrogens with zero attached hydrogens (tertiary/aromatic N) is 1. The summed E-state index contributed by atoms with van der Waals surface area (Å²) >= 11 is 1.23. The van der Waals surface area contributed by atoms with E-state index in [-0.39, 0.29) is 5.69 Å². The third-order valence-electron chi connectivity index (χ3n) is 1.93. The molecule has 1 aromatic rings. The topological polar surface area (TPSA) is 109 Å². The van der Waals surface area contributed by atoms with Crippen LogP contribution in [0.2, 0.25) is 0 Å². The largest absolute Gasteiger partial charge is 0.451 e. The summed E-state index contributed by atoms with van der Waals surface area (Å²) in [5.74, 6) is -1.46. The second kappa shape index (κ2) is 7.89. The van der Waals surface area contributed by atoms with Crippen molar-refractivity contribution in [2.75, 3.05) is 25.5 Å². The highest BCUT2D eigenvalue weighted by Gasteiger charge is 2.14. The van der Waals surface area contributed by atoms with Crippen LogP contribution in [0.5, 0.6) is 0 Å². The molecule has 0 atom stereocenters. The van der Waals surface area contributed by atoms with Gasteiger partial charge in [0.1, 0.15) is 0 Å². The Morgan fingerprint density at radius 1 is 1.50 bits per heavy atom.